The highest BCUT2D eigenvalue weighted by atomic mass is 31.1. The van der Waals surface area contributed by atoms with Crippen LogP contribution in [0.3, 0.4) is 0 Å². The molecule has 2 unspecified atom stereocenters. The molecular formula is C21H36NP. The zero-order chi connectivity index (χ0) is 16.2. The summed E-state index contributed by atoms with van der Waals surface area (Å²) >= 11 is 0. The van der Waals surface area contributed by atoms with Crippen molar-refractivity contribution in [2.45, 2.75) is 94.2 Å². The third kappa shape index (κ3) is 4.10. The van der Waals surface area contributed by atoms with Crippen LogP contribution in [0.1, 0.15) is 71.1 Å². The van der Waals surface area contributed by atoms with Crippen LogP contribution < -0.4 is 0 Å². The predicted octanol–water partition coefficient (Wildman–Crippen LogP) is 5.95. The molecule has 0 aromatic rings. The highest BCUT2D eigenvalue weighted by molar-refractivity contribution is 7.60. The summed E-state index contributed by atoms with van der Waals surface area (Å²) < 4.78 is 0. The van der Waals surface area contributed by atoms with E-state index in [4.69, 9.17) is 0 Å². The molecule has 23 heavy (non-hydrogen) atoms. The van der Waals surface area contributed by atoms with E-state index in [0.29, 0.717) is 6.04 Å². The summed E-state index contributed by atoms with van der Waals surface area (Å²) in [5.41, 5.74) is 4.60. The molecule has 0 aromatic carbocycles. The van der Waals surface area contributed by atoms with E-state index >= 15 is 0 Å². The fourth-order valence-corrected chi connectivity index (χ4v) is 9.32. The second-order valence-corrected chi connectivity index (χ2v) is 11.1. The Morgan fingerprint density at radius 1 is 0.913 bits per heavy atom. The standard InChI is InChI=1S/C21H36NP/c1-17(22(2)3)20-15-10-16-21(20)23(18-11-6-4-7-12-18)19-13-8-5-9-14-19/h10,15-19,21H,4-9,11-14H2,1-3H3. The zero-order valence-corrected chi connectivity index (χ0v) is 16.4. The fraction of sp³-hybridized carbons (Fsp3) is 0.810. The predicted molar refractivity (Wildman–Crippen MR) is 105 cm³/mol. The first-order valence-corrected chi connectivity index (χ1v) is 11.6. The molecule has 2 heteroatoms. The molecule has 0 radical (unpaired) electrons. The minimum atomic E-state index is 0.124. The van der Waals surface area contributed by atoms with Gasteiger partial charge in [0, 0.05) is 11.7 Å². The highest BCUT2D eigenvalue weighted by Gasteiger charge is 2.38. The van der Waals surface area contributed by atoms with E-state index in [9.17, 15) is 0 Å². The molecule has 0 saturated heterocycles. The number of rotatable bonds is 5. The minimum absolute atomic E-state index is 0.124. The lowest BCUT2D eigenvalue weighted by atomic mass is 9.99. The van der Waals surface area contributed by atoms with Crippen LogP contribution in [0.15, 0.2) is 23.8 Å². The normalized spacial score (nSPS) is 28.6. The number of nitrogens with zero attached hydrogens (tertiary/aromatic N) is 1. The van der Waals surface area contributed by atoms with Gasteiger partial charge in [-0.05, 0) is 63.6 Å². The first-order chi connectivity index (χ1) is 11.2. The van der Waals surface area contributed by atoms with Crippen molar-refractivity contribution in [3.05, 3.63) is 23.8 Å². The van der Waals surface area contributed by atoms with Crippen molar-refractivity contribution < 1.29 is 0 Å². The van der Waals surface area contributed by atoms with Crippen LogP contribution in [0.2, 0.25) is 0 Å². The molecule has 0 N–H and O–H groups in total. The monoisotopic (exact) mass is 333 g/mol. The molecule has 0 aromatic heterocycles. The quantitative estimate of drug-likeness (QED) is 0.562. The van der Waals surface area contributed by atoms with Crippen LogP contribution in [-0.4, -0.2) is 42.0 Å². The SMILES string of the molecule is CC(C1=CC=CC1P(C1CCCCC1)C1CCCCC1)N(C)C. The molecule has 0 amide bonds. The summed E-state index contributed by atoms with van der Waals surface area (Å²) in [5, 5.41) is 0. The lowest BCUT2D eigenvalue weighted by Crippen LogP contribution is -2.33. The largest absolute Gasteiger partial charge is 0.303 e. The van der Waals surface area contributed by atoms with Gasteiger partial charge in [0.1, 0.15) is 0 Å². The molecule has 2 fully saturated rings. The van der Waals surface area contributed by atoms with E-state index in [0.717, 1.165) is 17.0 Å². The van der Waals surface area contributed by atoms with Gasteiger partial charge in [0.25, 0.3) is 0 Å². The Morgan fingerprint density at radius 3 is 1.91 bits per heavy atom. The molecular weight excluding hydrogens is 297 g/mol. The average molecular weight is 334 g/mol. The molecule has 3 aliphatic rings. The van der Waals surface area contributed by atoms with Gasteiger partial charge in [-0.15, -0.1) is 0 Å². The summed E-state index contributed by atoms with van der Waals surface area (Å²) in [7, 11) is 4.60. The summed E-state index contributed by atoms with van der Waals surface area (Å²) in [4.78, 5) is 2.40. The molecule has 2 atom stereocenters. The maximum absolute atomic E-state index is 2.59. The van der Waals surface area contributed by atoms with Gasteiger partial charge in [-0.3, -0.25) is 0 Å². The fourth-order valence-electron chi connectivity index (χ4n) is 4.95. The van der Waals surface area contributed by atoms with E-state index in [1.54, 1.807) is 5.57 Å². The second-order valence-electron chi connectivity index (χ2n) is 8.17. The van der Waals surface area contributed by atoms with E-state index in [1.165, 1.54) is 64.2 Å². The van der Waals surface area contributed by atoms with Gasteiger partial charge in [-0.1, -0.05) is 64.7 Å². The van der Waals surface area contributed by atoms with Crippen molar-refractivity contribution in [1.82, 2.24) is 4.90 Å². The van der Waals surface area contributed by atoms with E-state index < -0.39 is 0 Å². The highest BCUT2D eigenvalue weighted by Crippen LogP contribution is 2.61. The van der Waals surface area contributed by atoms with Gasteiger partial charge in [0.2, 0.25) is 0 Å². The van der Waals surface area contributed by atoms with Crippen LogP contribution in [0, 0.1) is 0 Å². The summed E-state index contributed by atoms with van der Waals surface area (Å²) in [6.07, 6.45) is 22.5. The van der Waals surface area contributed by atoms with Crippen molar-refractivity contribution in [3.63, 3.8) is 0 Å². The average Bonchev–Trinajstić information content (AvgIpc) is 3.05. The Balaban J connectivity index is 1.81. The lowest BCUT2D eigenvalue weighted by Gasteiger charge is -2.43. The Hall–Kier alpha value is -0.130. The van der Waals surface area contributed by atoms with Gasteiger partial charge in [-0.25, -0.2) is 0 Å². The van der Waals surface area contributed by atoms with Crippen LogP contribution in [0.5, 0.6) is 0 Å². The molecule has 130 valence electrons. The smallest absolute Gasteiger partial charge is 0.0285 e. The van der Waals surface area contributed by atoms with Crippen molar-refractivity contribution in [2.75, 3.05) is 14.1 Å². The van der Waals surface area contributed by atoms with E-state index in [-0.39, 0.29) is 7.92 Å². The third-order valence-electron chi connectivity index (χ3n) is 6.49. The van der Waals surface area contributed by atoms with Crippen LogP contribution in [0.25, 0.3) is 0 Å². The Labute approximate surface area is 145 Å². The second kappa shape index (κ2) is 8.30. The van der Waals surface area contributed by atoms with E-state index in [2.05, 4.69) is 44.1 Å². The molecule has 2 saturated carbocycles. The Bertz CT molecular complexity index is 409. The maximum atomic E-state index is 2.59. The third-order valence-corrected chi connectivity index (χ3v) is 10.3. The van der Waals surface area contributed by atoms with Gasteiger partial charge in [0.15, 0.2) is 0 Å². The zero-order valence-electron chi connectivity index (χ0n) is 15.5. The topological polar surface area (TPSA) is 3.24 Å². The van der Waals surface area contributed by atoms with Crippen LogP contribution >= 0.6 is 7.92 Å². The van der Waals surface area contributed by atoms with Gasteiger partial charge in [-0.2, -0.15) is 0 Å². The van der Waals surface area contributed by atoms with Crippen LogP contribution in [-0.2, 0) is 0 Å². The first-order valence-electron chi connectivity index (χ1n) is 10.0. The summed E-state index contributed by atoms with van der Waals surface area (Å²) in [6.45, 7) is 2.40. The molecule has 0 bridgehead atoms. The molecule has 1 nitrogen and oxygen atoms in total. The first kappa shape index (κ1) is 17.7. The Morgan fingerprint density at radius 2 is 1.43 bits per heavy atom. The number of hydrogen-bond acceptors (Lipinski definition) is 1. The summed E-state index contributed by atoms with van der Waals surface area (Å²) in [6, 6.07) is 0.590. The van der Waals surface area contributed by atoms with Gasteiger partial charge < -0.3 is 4.90 Å². The molecule has 0 spiro atoms. The number of likely N-dealkylation sites (N-methyl/N-ethyl adjacent to an activating group) is 1. The minimum Gasteiger partial charge on any atom is -0.303 e. The number of allylic oxidation sites excluding steroid dienone is 3. The van der Waals surface area contributed by atoms with Crippen molar-refractivity contribution in [1.29, 1.82) is 0 Å². The summed E-state index contributed by atoms with van der Waals surface area (Å²) in [5.74, 6) is 0. The van der Waals surface area contributed by atoms with Crippen molar-refractivity contribution >= 4 is 7.92 Å². The van der Waals surface area contributed by atoms with E-state index in [1.807, 2.05) is 0 Å². The molecule has 0 aliphatic heterocycles. The molecule has 3 rings (SSSR count). The van der Waals surface area contributed by atoms with Crippen molar-refractivity contribution in [3.8, 4) is 0 Å². The van der Waals surface area contributed by atoms with Gasteiger partial charge >= 0.3 is 0 Å². The lowest BCUT2D eigenvalue weighted by molar-refractivity contribution is 0.348. The molecule has 0 heterocycles. The van der Waals surface area contributed by atoms with Crippen LogP contribution in [0.4, 0.5) is 0 Å². The molecule has 3 aliphatic carbocycles. The maximum Gasteiger partial charge on any atom is 0.0285 e. The number of hydrogen-bond donors (Lipinski definition) is 0. The van der Waals surface area contributed by atoms with Crippen molar-refractivity contribution in [2.24, 2.45) is 0 Å². The Kier molecular flexibility index (Phi) is 6.38. The van der Waals surface area contributed by atoms with Gasteiger partial charge in [0.05, 0.1) is 0 Å².